The molecule has 0 aliphatic rings. The fourth-order valence-corrected chi connectivity index (χ4v) is 4.16. The van der Waals surface area contributed by atoms with Gasteiger partial charge in [0.25, 0.3) is 0 Å². The van der Waals surface area contributed by atoms with Crippen molar-refractivity contribution in [2.45, 2.75) is 26.7 Å². The van der Waals surface area contributed by atoms with Crippen molar-refractivity contribution >= 4 is 45.0 Å². The Kier molecular flexibility index (Phi) is 8.14. The van der Waals surface area contributed by atoms with Crippen LogP contribution in [0.4, 0.5) is 9.52 Å². The van der Waals surface area contributed by atoms with Crippen LogP contribution in [0, 0.1) is 19.7 Å². The summed E-state index contributed by atoms with van der Waals surface area (Å²) in [6, 6.07) is 10.7. The summed E-state index contributed by atoms with van der Waals surface area (Å²) >= 11 is 1.36. The number of rotatable bonds is 7. The number of benzene rings is 2. The number of nitrogens with zero attached hydrogens (tertiary/aromatic N) is 3. The average molecular weight is 436 g/mol. The van der Waals surface area contributed by atoms with E-state index in [2.05, 4.69) is 28.1 Å². The van der Waals surface area contributed by atoms with Gasteiger partial charge in [-0.2, -0.15) is 0 Å². The number of aromatic nitrogens is 1. The molecule has 0 aliphatic heterocycles. The van der Waals surface area contributed by atoms with Crippen molar-refractivity contribution < 1.29 is 9.18 Å². The summed E-state index contributed by atoms with van der Waals surface area (Å²) in [4.78, 5) is 21.7. The van der Waals surface area contributed by atoms with E-state index in [1.807, 2.05) is 27.9 Å². The molecular weight excluding hydrogens is 409 g/mol. The van der Waals surface area contributed by atoms with Gasteiger partial charge in [0, 0.05) is 6.54 Å². The minimum absolute atomic E-state index is 0. The minimum Gasteiger partial charge on any atom is -0.309 e. The van der Waals surface area contributed by atoms with Gasteiger partial charge in [-0.1, -0.05) is 35.1 Å². The summed E-state index contributed by atoms with van der Waals surface area (Å²) in [6.07, 6.45) is 1.18. The first-order valence-corrected chi connectivity index (χ1v) is 10.2. The molecule has 1 heterocycles. The van der Waals surface area contributed by atoms with Crippen LogP contribution < -0.4 is 4.90 Å². The maximum atomic E-state index is 13.6. The summed E-state index contributed by atoms with van der Waals surface area (Å²) in [6.45, 7) is 5.53. The van der Waals surface area contributed by atoms with Crippen molar-refractivity contribution in [2.75, 3.05) is 32.1 Å². The second-order valence-corrected chi connectivity index (χ2v) is 8.43. The Balaban J connectivity index is 0.00000300. The van der Waals surface area contributed by atoms with E-state index in [0.717, 1.165) is 39.9 Å². The molecule has 0 saturated heterocycles. The van der Waals surface area contributed by atoms with E-state index < -0.39 is 0 Å². The van der Waals surface area contributed by atoms with Gasteiger partial charge in [0.1, 0.15) is 5.82 Å². The van der Waals surface area contributed by atoms with Crippen molar-refractivity contribution in [3.63, 3.8) is 0 Å². The van der Waals surface area contributed by atoms with Gasteiger partial charge in [-0.3, -0.25) is 9.69 Å². The number of amides is 1. The third kappa shape index (κ3) is 5.98. The van der Waals surface area contributed by atoms with Crippen LogP contribution in [0.3, 0.4) is 0 Å². The average Bonchev–Trinajstić information content (AvgIpc) is 3.04. The van der Waals surface area contributed by atoms with E-state index in [1.54, 1.807) is 11.0 Å². The van der Waals surface area contributed by atoms with Gasteiger partial charge in [0.2, 0.25) is 5.91 Å². The Hall–Kier alpha value is -2.02. The molecule has 7 heteroatoms. The first-order valence-electron chi connectivity index (χ1n) is 9.41. The van der Waals surface area contributed by atoms with Crippen LogP contribution in [0.15, 0.2) is 36.4 Å². The van der Waals surface area contributed by atoms with E-state index in [9.17, 15) is 9.18 Å². The van der Waals surface area contributed by atoms with Crippen LogP contribution in [0.1, 0.15) is 23.1 Å². The van der Waals surface area contributed by atoms with Gasteiger partial charge in [0.05, 0.1) is 16.6 Å². The minimum atomic E-state index is -0.288. The predicted octanol–water partition coefficient (Wildman–Crippen LogP) is 5.00. The Morgan fingerprint density at radius 2 is 1.86 bits per heavy atom. The topological polar surface area (TPSA) is 36.4 Å². The largest absolute Gasteiger partial charge is 0.309 e. The normalized spacial score (nSPS) is 11.0. The van der Waals surface area contributed by atoms with Crippen LogP contribution in [-0.4, -0.2) is 43.0 Å². The first-order chi connectivity index (χ1) is 13.3. The van der Waals surface area contributed by atoms with E-state index in [0.29, 0.717) is 18.1 Å². The number of carbonyl (C=O) groups excluding carboxylic acids is 1. The van der Waals surface area contributed by atoms with Crippen molar-refractivity contribution in [1.29, 1.82) is 0 Å². The van der Waals surface area contributed by atoms with Crippen LogP contribution >= 0.6 is 23.7 Å². The number of carbonyl (C=O) groups is 1. The number of anilines is 1. The molecule has 0 unspecified atom stereocenters. The lowest BCUT2D eigenvalue weighted by atomic mass is 10.0. The summed E-state index contributed by atoms with van der Waals surface area (Å²) in [7, 11) is 4.03. The van der Waals surface area contributed by atoms with Crippen molar-refractivity contribution in [3.8, 4) is 0 Å². The zero-order valence-electron chi connectivity index (χ0n) is 17.2. The molecule has 0 fully saturated rings. The molecule has 0 N–H and O–H groups in total. The lowest BCUT2D eigenvalue weighted by molar-refractivity contribution is -0.118. The molecule has 29 heavy (non-hydrogen) atoms. The summed E-state index contributed by atoms with van der Waals surface area (Å²) < 4.78 is 14.3. The van der Waals surface area contributed by atoms with Gasteiger partial charge in [0.15, 0.2) is 5.13 Å². The quantitative estimate of drug-likeness (QED) is 0.524. The SMILES string of the molecule is Cc1ccc(C)c(CC(=O)N(CCCN(C)C)c2nc3ccc(F)cc3s2)c1.Cl. The molecular formula is C22H27ClFN3OS. The van der Waals surface area contributed by atoms with Gasteiger partial charge in [-0.05, 0) is 70.2 Å². The fourth-order valence-electron chi connectivity index (χ4n) is 3.12. The molecule has 3 rings (SSSR count). The second kappa shape index (κ2) is 10.1. The highest BCUT2D eigenvalue weighted by molar-refractivity contribution is 7.22. The monoisotopic (exact) mass is 435 g/mol. The molecule has 156 valence electrons. The van der Waals surface area contributed by atoms with Crippen LogP contribution in [0.25, 0.3) is 10.2 Å². The fraction of sp³-hybridized carbons (Fsp3) is 0.364. The zero-order chi connectivity index (χ0) is 20.3. The number of fused-ring (bicyclic) bond motifs is 1. The highest BCUT2D eigenvalue weighted by atomic mass is 35.5. The second-order valence-electron chi connectivity index (χ2n) is 7.42. The van der Waals surface area contributed by atoms with E-state index in [4.69, 9.17) is 0 Å². The Morgan fingerprint density at radius 1 is 1.10 bits per heavy atom. The van der Waals surface area contributed by atoms with Gasteiger partial charge >= 0.3 is 0 Å². The third-order valence-electron chi connectivity index (χ3n) is 4.70. The Labute approximate surface area is 181 Å². The molecule has 1 amide bonds. The van der Waals surface area contributed by atoms with Crippen LogP contribution in [-0.2, 0) is 11.2 Å². The van der Waals surface area contributed by atoms with E-state index >= 15 is 0 Å². The number of aryl methyl sites for hydroxylation is 2. The van der Waals surface area contributed by atoms with Crippen molar-refractivity contribution in [1.82, 2.24) is 9.88 Å². The predicted molar refractivity (Wildman–Crippen MR) is 122 cm³/mol. The van der Waals surface area contributed by atoms with Crippen LogP contribution in [0.5, 0.6) is 0 Å². The maximum absolute atomic E-state index is 13.6. The molecule has 0 spiro atoms. The molecule has 4 nitrogen and oxygen atoms in total. The molecule has 0 radical (unpaired) electrons. The Morgan fingerprint density at radius 3 is 2.59 bits per heavy atom. The highest BCUT2D eigenvalue weighted by Gasteiger charge is 2.21. The molecule has 0 atom stereocenters. The maximum Gasteiger partial charge on any atom is 0.233 e. The number of thiazole rings is 1. The lowest BCUT2D eigenvalue weighted by Crippen LogP contribution is -2.34. The van der Waals surface area contributed by atoms with E-state index in [-0.39, 0.29) is 24.1 Å². The molecule has 3 aromatic rings. The van der Waals surface area contributed by atoms with Crippen LogP contribution in [0.2, 0.25) is 0 Å². The third-order valence-corrected chi connectivity index (χ3v) is 5.75. The van der Waals surface area contributed by atoms with Crippen molar-refractivity contribution in [3.05, 3.63) is 58.9 Å². The van der Waals surface area contributed by atoms with Gasteiger partial charge in [-0.25, -0.2) is 9.37 Å². The smallest absolute Gasteiger partial charge is 0.233 e. The molecule has 0 aliphatic carbocycles. The first kappa shape index (κ1) is 23.3. The summed E-state index contributed by atoms with van der Waals surface area (Å²) in [5.41, 5.74) is 4.01. The molecule has 0 saturated carbocycles. The Bertz CT molecular complexity index is 989. The lowest BCUT2D eigenvalue weighted by Gasteiger charge is -2.21. The van der Waals surface area contributed by atoms with Gasteiger partial charge < -0.3 is 4.90 Å². The summed E-state index contributed by atoms with van der Waals surface area (Å²) in [5, 5.41) is 0.634. The molecule has 0 bridgehead atoms. The number of halogens is 2. The van der Waals surface area contributed by atoms with E-state index in [1.165, 1.54) is 23.5 Å². The number of hydrogen-bond acceptors (Lipinski definition) is 4. The highest BCUT2D eigenvalue weighted by Crippen LogP contribution is 2.30. The van der Waals surface area contributed by atoms with Gasteiger partial charge in [-0.15, -0.1) is 12.4 Å². The zero-order valence-corrected chi connectivity index (χ0v) is 18.9. The number of hydrogen-bond donors (Lipinski definition) is 0. The summed E-state index contributed by atoms with van der Waals surface area (Å²) in [5.74, 6) is -0.268. The standard InChI is InChI=1S/C22H26FN3OS.ClH/c1-15-6-7-16(2)17(12-15)13-21(27)26(11-5-10-25(3)4)22-24-19-9-8-18(23)14-20(19)28-22;/h6-9,12,14H,5,10-11,13H2,1-4H3;1H. The van der Waals surface area contributed by atoms with Crippen molar-refractivity contribution in [2.24, 2.45) is 0 Å². The molecule has 2 aromatic carbocycles. The molecule has 1 aromatic heterocycles.